The normalized spacial score (nSPS) is 12.3. The second kappa shape index (κ2) is 29.4. The van der Waals surface area contributed by atoms with Crippen LogP contribution < -0.4 is 22.1 Å². The molecule has 1 aromatic heterocycles. The van der Waals surface area contributed by atoms with Crippen LogP contribution in [0.15, 0.2) is 60.8 Å². The maximum atomic E-state index is 15.1. The summed E-state index contributed by atoms with van der Waals surface area (Å²) >= 11 is 1.37. The van der Waals surface area contributed by atoms with E-state index in [-0.39, 0.29) is 47.7 Å². The molecule has 68 heavy (non-hydrogen) atoms. The van der Waals surface area contributed by atoms with Gasteiger partial charge in [-0.15, -0.1) is 0 Å². The fraction of sp³-hybridized carbons (Fsp3) is 0.511. The highest BCUT2D eigenvalue weighted by Crippen LogP contribution is 2.41. The van der Waals surface area contributed by atoms with Gasteiger partial charge in [-0.1, -0.05) is 51.1 Å². The molecule has 2 atom stereocenters. The quantitative estimate of drug-likeness (QED) is 0.0410. The van der Waals surface area contributed by atoms with Gasteiger partial charge in [0, 0.05) is 68.2 Å². The van der Waals surface area contributed by atoms with Gasteiger partial charge < -0.3 is 41.8 Å². The van der Waals surface area contributed by atoms with Gasteiger partial charge in [0.25, 0.3) is 0 Å². The number of aromatic nitrogens is 1. The number of nitrogens with two attached hydrogens (primary N) is 2. The number of unbranched alkanes of at least 4 members (excludes halogenated alkanes) is 1. The number of hydrogen-bond acceptors (Lipinski definition) is 9. The van der Waals surface area contributed by atoms with E-state index in [2.05, 4.69) is 31.4 Å². The Morgan fingerprint density at radius 1 is 0.809 bits per heavy atom. The minimum absolute atomic E-state index is 0.0667. The Morgan fingerprint density at radius 3 is 1.93 bits per heavy atom. The second-order valence-electron chi connectivity index (χ2n) is 16.3. The van der Waals surface area contributed by atoms with Crippen molar-refractivity contribution in [2.45, 2.75) is 104 Å². The van der Waals surface area contributed by atoms with Crippen LogP contribution in [0.4, 0.5) is 35.1 Å². The molecule has 1 heterocycles. The number of carboxylic acids is 2. The monoisotopic (exact) mass is 996 g/mol. The highest BCUT2D eigenvalue weighted by molar-refractivity contribution is 7.99. The third kappa shape index (κ3) is 23.0. The number of halogens is 8. The molecule has 0 saturated heterocycles. The van der Waals surface area contributed by atoms with E-state index >= 15 is 4.39 Å². The van der Waals surface area contributed by atoms with E-state index in [0.717, 1.165) is 36.2 Å². The number of aliphatic carboxylic acids is 2. The zero-order chi connectivity index (χ0) is 51.8. The molecule has 8 N–H and O–H groups in total. The number of carbonyl (C=O) groups excluding carboxylic acids is 4. The smallest absolute Gasteiger partial charge is 0.475 e. The minimum Gasteiger partial charge on any atom is -0.475 e. The first-order valence-electron chi connectivity index (χ1n) is 21.3. The summed E-state index contributed by atoms with van der Waals surface area (Å²) in [6.45, 7) is 9.63. The van der Waals surface area contributed by atoms with Gasteiger partial charge in [-0.2, -0.15) is 38.1 Å². The number of carboxylic acid groups (broad SMARTS) is 2. The van der Waals surface area contributed by atoms with Crippen molar-refractivity contribution < 1.29 is 74.1 Å². The zero-order valence-electron chi connectivity index (χ0n) is 38.2. The molecule has 23 heteroatoms. The molecule has 3 rings (SSSR count). The summed E-state index contributed by atoms with van der Waals surface area (Å²) < 4.78 is 94.9. The number of ketones is 1. The number of amides is 3. The van der Waals surface area contributed by atoms with E-state index in [1.807, 2.05) is 52.1 Å². The zero-order valence-corrected chi connectivity index (χ0v) is 39.0. The molecule has 14 nitrogen and oxygen atoms in total. The maximum Gasteiger partial charge on any atom is 0.490 e. The van der Waals surface area contributed by atoms with Gasteiger partial charge in [0.1, 0.15) is 11.6 Å². The van der Waals surface area contributed by atoms with Crippen LogP contribution in [0.1, 0.15) is 89.9 Å². The first-order valence-corrected chi connectivity index (χ1v) is 22.4. The number of rotatable bonds is 23. The van der Waals surface area contributed by atoms with Crippen LogP contribution in [0.2, 0.25) is 0 Å². The third-order valence-corrected chi connectivity index (χ3v) is 10.5. The van der Waals surface area contributed by atoms with Crippen molar-refractivity contribution in [1.82, 2.24) is 20.1 Å². The Hall–Kier alpha value is -5.55. The van der Waals surface area contributed by atoms with Gasteiger partial charge in [0.05, 0.1) is 17.8 Å². The Balaban J connectivity index is 0.00000143. The minimum atomic E-state index is -5.08. The largest absolute Gasteiger partial charge is 0.490 e. The summed E-state index contributed by atoms with van der Waals surface area (Å²) in [5.74, 6) is -6.65. The molecule has 380 valence electrons. The fourth-order valence-electron chi connectivity index (χ4n) is 6.48. The molecule has 0 spiro atoms. The molecule has 0 saturated carbocycles. The van der Waals surface area contributed by atoms with Crippen LogP contribution in [0.3, 0.4) is 0 Å². The Morgan fingerprint density at radius 2 is 1.40 bits per heavy atom. The summed E-state index contributed by atoms with van der Waals surface area (Å²) in [5.41, 5.74) is 13.5. The molecular formula is C45H60F8N6O8S. The average Bonchev–Trinajstić information content (AvgIpc) is 3.64. The molecule has 0 fully saturated rings. The van der Waals surface area contributed by atoms with E-state index < -0.39 is 53.4 Å². The maximum absolute atomic E-state index is 15.1. The summed E-state index contributed by atoms with van der Waals surface area (Å²) in [5, 5.41) is 19.8. The predicted octanol–water partition coefficient (Wildman–Crippen LogP) is 7.24. The van der Waals surface area contributed by atoms with Crippen LogP contribution in [0, 0.1) is 17.0 Å². The number of hydrogen-bond donors (Lipinski definition) is 6. The molecular weight excluding hydrogens is 937 g/mol. The number of nitrogens with zero attached hydrogens (tertiary/aromatic N) is 2. The van der Waals surface area contributed by atoms with Crippen LogP contribution in [0.25, 0.3) is 11.1 Å². The number of Topliss-reactive ketones (excluding diaryl/α,β-unsaturated/α-hetero) is 1. The summed E-state index contributed by atoms with van der Waals surface area (Å²) in [6.07, 6.45) is -4.84. The van der Waals surface area contributed by atoms with E-state index in [0.29, 0.717) is 63.3 Å². The van der Waals surface area contributed by atoms with Gasteiger partial charge in [0.2, 0.25) is 17.7 Å². The van der Waals surface area contributed by atoms with E-state index in [1.165, 1.54) is 24.8 Å². The summed E-state index contributed by atoms with van der Waals surface area (Å²) in [7, 11) is 0. The Kier molecular flexibility index (Phi) is 26.1. The molecule has 3 aromatic rings. The molecule has 0 aliphatic carbocycles. The van der Waals surface area contributed by atoms with Crippen LogP contribution in [-0.2, 0) is 35.3 Å². The fourth-order valence-corrected chi connectivity index (χ4v) is 7.30. The topological polar surface area (TPSA) is 227 Å². The summed E-state index contributed by atoms with van der Waals surface area (Å²) in [4.78, 5) is 70.5. The molecule has 0 bridgehead atoms. The van der Waals surface area contributed by atoms with Gasteiger partial charge in [-0.05, 0) is 80.4 Å². The first-order chi connectivity index (χ1) is 31.6. The van der Waals surface area contributed by atoms with Crippen molar-refractivity contribution in [3.8, 4) is 11.1 Å². The van der Waals surface area contributed by atoms with Gasteiger partial charge in [-0.25, -0.2) is 18.4 Å². The van der Waals surface area contributed by atoms with E-state index in [4.69, 9.17) is 31.3 Å². The first kappa shape index (κ1) is 60.5. The van der Waals surface area contributed by atoms with Crippen molar-refractivity contribution in [2.75, 3.05) is 37.7 Å². The number of carbonyl (C=O) groups is 6. The molecule has 0 aliphatic rings. The lowest BCUT2D eigenvalue weighted by atomic mass is 9.83. The third-order valence-electron chi connectivity index (χ3n) is 9.52. The number of alkyl halides is 6. The Labute approximate surface area is 393 Å². The van der Waals surface area contributed by atoms with Crippen molar-refractivity contribution in [3.05, 3.63) is 83.7 Å². The molecule has 2 aromatic carbocycles. The van der Waals surface area contributed by atoms with Gasteiger partial charge in [0.15, 0.2) is 5.78 Å². The van der Waals surface area contributed by atoms with Gasteiger partial charge >= 0.3 is 24.3 Å². The van der Waals surface area contributed by atoms with Gasteiger partial charge in [-0.3, -0.25) is 19.2 Å². The van der Waals surface area contributed by atoms with Crippen LogP contribution in [-0.4, -0.2) is 111 Å². The number of benzene rings is 2. The van der Waals surface area contributed by atoms with Crippen LogP contribution in [0.5, 0.6) is 0 Å². The SMILES string of the molecule is CC(=O)N[C@@H](CCCCN)C(=O)CCCNC(=O)CCSCC(=O)N(CCCN)[C@@H](c1cc(-c2cc(F)ccc2F)cn1Cc1ccccc1)C(C)(C)C.O=C(O)C(F)(F)F.O=C(O)C(F)(F)F. The highest BCUT2D eigenvalue weighted by atomic mass is 32.2. The lowest BCUT2D eigenvalue weighted by Gasteiger charge is -2.41. The van der Waals surface area contributed by atoms with Crippen LogP contribution >= 0.6 is 11.8 Å². The van der Waals surface area contributed by atoms with Crippen molar-refractivity contribution in [1.29, 1.82) is 0 Å². The number of nitrogens with one attached hydrogen (secondary N) is 2. The lowest BCUT2D eigenvalue weighted by Crippen LogP contribution is -2.44. The molecule has 0 radical (unpaired) electrons. The lowest BCUT2D eigenvalue weighted by molar-refractivity contribution is -0.193. The van der Waals surface area contributed by atoms with E-state index in [9.17, 15) is 49.9 Å². The highest BCUT2D eigenvalue weighted by Gasteiger charge is 2.39. The Bertz CT molecular complexity index is 2060. The molecule has 0 unspecified atom stereocenters. The van der Waals surface area contributed by atoms with Crippen molar-refractivity contribution in [2.24, 2.45) is 16.9 Å². The van der Waals surface area contributed by atoms with Crippen molar-refractivity contribution in [3.63, 3.8) is 0 Å². The standard InChI is InChI=1S/C41H58F2N6O4S.2C2HF3O2/c1-29(50)47-35(14-8-9-19-44)37(51)15-10-21-46-38(52)18-23-54-28-39(53)49(22-11-20-45)40(41(2,3)4)36-24-31(33-25-32(42)16-17-34(33)43)27-48(36)26-30-12-6-5-7-13-30;2*3-2(4,5)1(6)7/h5-7,12-13,16-17,24-25,27,35,40H,8-11,14-15,18-23,26,28,44-45H2,1-4H3,(H,46,52)(H,47,50);2*(H,6,7)/t35-,40-;;/m0../s1. The average molecular weight is 997 g/mol. The van der Waals surface area contributed by atoms with E-state index in [1.54, 1.807) is 0 Å². The predicted molar refractivity (Wildman–Crippen MR) is 240 cm³/mol. The molecule has 3 amide bonds. The molecule has 0 aliphatic heterocycles. The second-order valence-corrected chi connectivity index (χ2v) is 17.4. The summed E-state index contributed by atoms with van der Waals surface area (Å²) in [6, 6.07) is 14.1. The van der Waals surface area contributed by atoms with Crippen molar-refractivity contribution >= 4 is 47.2 Å². The number of thioether (sulfide) groups is 1.